The Bertz CT molecular complexity index is 1090. The third-order valence-corrected chi connectivity index (χ3v) is 5.46. The van der Waals surface area contributed by atoms with Gasteiger partial charge in [-0.2, -0.15) is 0 Å². The Labute approximate surface area is 158 Å². The number of pyridine rings is 1. The smallest absolute Gasteiger partial charge is 0.0740 e. The maximum Gasteiger partial charge on any atom is 0.0740 e. The fraction of sp³-hybridized carbons (Fsp3) is 0.261. The van der Waals surface area contributed by atoms with E-state index in [1.807, 2.05) is 13.1 Å². The van der Waals surface area contributed by atoms with E-state index in [-0.39, 0.29) is 6.10 Å². The predicted molar refractivity (Wildman–Crippen MR) is 110 cm³/mol. The van der Waals surface area contributed by atoms with Crippen molar-refractivity contribution in [2.75, 3.05) is 19.7 Å². The molecule has 0 aliphatic carbocycles. The fourth-order valence-electron chi connectivity index (χ4n) is 3.99. The second-order valence-corrected chi connectivity index (χ2v) is 7.30. The van der Waals surface area contributed by atoms with Crippen molar-refractivity contribution < 1.29 is 4.74 Å². The number of aryl methyl sites for hydroxylation is 1. The first-order chi connectivity index (χ1) is 13.3. The molecule has 4 aromatic rings. The van der Waals surface area contributed by atoms with Crippen molar-refractivity contribution in [3.63, 3.8) is 0 Å². The maximum atomic E-state index is 5.82. The average molecular weight is 357 g/mol. The van der Waals surface area contributed by atoms with Crippen LogP contribution >= 0.6 is 0 Å². The molecule has 1 fully saturated rings. The number of rotatable bonds is 3. The minimum absolute atomic E-state index is 0.281. The third kappa shape index (κ3) is 3.11. The first-order valence-electron chi connectivity index (χ1n) is 9.56. The molecule has 1 aliphatic heterocycles. The van der Waals surface area contributed by atoms with Crippen molar-refractivity contribution >= 4 is 21.8 Å². The summed E-state index contributed by atoms with van der Waals surface area (Å²) >= 11 is 0. The largest absolute Gasteiger partial charge is 0.375 e. The molecule has 1 saturated heterocycles. The predicted octanol–water partition coefficient (Wildman–Crippen LogP) is 4.22. The number of nitrogens with one attached hydrogen (secondary N) is 2. The lowest BCUT2D eigenvalue weighted by Gasteiger charge is -2.23. The number of ether oxygens (including phenoxy) is 1. The van der Waals surface area contributed by atoms with E-state index in [0.29, 0.717) is 0 Å². The summed E-state index contributed by atoms with van der Waals surface area (Å²) < 4.78 is 5.82. The van der Waals surface area contributed by atoms with Crippen LogP contribution in [0.2, 0.25) is 0 Å². The Morgan fingerprint density at radius 3 is 2.70 bits per heavy atom. The van der Waals surface area contributed by atoms with Crippen LogP contribution in [-0.4, -0.2) is 35.8 Å². The van der Waals surface area contributed by atoms with Crippen molar-refractivity contribution in [2.24, 2.45) is 0 Å². The number of benzene rings is 2. The summed E-state index contributed by atoms with van der Waals surface area (Å²) in [6.07, 6.45) is 3.12. The van der Waals surface area contributed by atoms with Gasteiger partial charge in [-0.3, -0.25) is 4.98 Å². The van der Waals surface area contributed by atoms with E-state index < -0.39 is 0 Å². The molecule has 27 heavy (non-hydrogen) atoms. The number of fused-ring (bicyclic) bond motifs is 3. The van der Waals surface area contributed by atoms with E-state index in [1.54, 1.807) is 0 Å². The molecule has 136 valence electrons. The zero-order chi connectivity index (χ0) is 18.2. The zero-order valence-corrected chi connectivity index (χ0v) is 15.5. The molecule has 0 radical (unpaired) electrons. The standard InChI is InChI=1S/C23H23N3O/c1-15-23-20(8-9-25-15)21-13-18(6-7-22(21)26-23)17-4-2-16(3-5-17)12-19-14-24-10-11-27-19/h2-9,13,19,24,26H,10-12,14H2,1H3. The van der Waals surface area contributed by atoms with Crippen molar-refractivity contribution in [3.05, 3.63) is 66.0 Å². The molecule has 2 aromatic heterocycles. The molecule has 2 aromatic carbocycles. The van der Waals surface area contributed by atoms with Crippen molar-refractivity contribution in [3.8, 4) is 11.1 Å². The van der Waals surface area contributed by atoms with Crippen LogP contribution in [0.5, 0.6) is 0 Å². The van der Waals surface area contributed by atoms with Crippen molar-refractivity contribution in [1.29, 1.82) is 0 Å². The van der Waals surface area contributed by atoms with E-state index in [2.05, 4.69) is 63.8 Å². The van der Waals surface area contributed by atoms with E-state index >= 15 is 0 Å². The Morgan fingerprint density at radius 1 is 1.04 bits per heavy atom. The lowest BCUT2D eigenvalue weighted by Crippen LogP contribution is -2.39. The number of H-pyrrole nitrogens is 1. The van der Waals surface area contributed by atoms with Crippen molar-refractivity contribution in [2.45, 2.75) is 19.4 Å². The number of hydrogen-bond donors (Lipinski definition) is 2. The molecule has 4 nitrogen and oxygen atoms in total. The third-order valence-electron chi connectivity index (χ3n) is 5.46. The quantitative estimate of drug-likeness (QED) is 0.577. The first kappa shape index (κ1) is 16.5. The van der Waals surface area contributed by atoms with Gasteiger partial charge in [0.25, 0.3) is 0 Å². The molecule has 0 spiro atoms. The van der Waals surface area contributed by atoms with Crippen LogP contribution in [0.25, 0.3) is 32.9 Å². The van der Waals surface area contributed by atoms with Gasteiger partial charge in [-0.05, 0) is 48.2 Å². The monoisotopic (exact) mass is 357 g/mol. The molecule has 4 heteroatoms. The van der Waals surface area contributed by atoms with Gasteiger partial charge in [-0.1, -0.05) is 30.3 Å². The highest BCUT2D eigenvalue weighted by atomic mass is 16.5. The van der Waals surface area contributed by atoms with E-state index in [1.165, 1.54) is 27.5 Å². The van der Waals surface area contributed by atoms with Gasteiger partial charge in [-0.25, -0.2) is 0 Å². The summed E-state index contributed by atoms with van der Waals surface area (Å²) in [6, 6.07) is 17.6. The molecule has 1 aliphatic rings. The van der Waals surface area contributed by atoms with E-state index in [0.717, 1.165) is 42.8 Å². The van der Waals surface area contributed by atoms with E-state index in [4.69, 9.17) is 4.74 Å². The molecule has 0 saturated carbocycles. The van der Waals surface area contributed by atoms with Crippen LogP contribution in [0.15, 0.2) is 54.7 Å². The van der Waals surface area contributed by atoms with Gasteiger partial charge in [0.2, 0.25) is 0 Å². The summed E-state index contributed by atoms with van der Waals surface area (Å²) in [5.74, 6) is 0. The van der Waals surface area contributed by atoms with Gasteiger partial charge in [0, 0.05) is 35.6 Å². The minimum Gasteiger partial charge on any atom is -0.375 e. The van der Waals surface area contributed by atoms with Gasteiger partial charge in [0.1, 0.15) is 0 Å². The summed E-state index contributed by atoms with van der Waals surface area (Å²) in [5.41, 5.74) is 7.12. The highest BCUT2D eigenvalue weighted by Gasteiger charge is 2.14. The Morgan fingerprint density at radius 2 is 1.89 bits per heavy atom. The van der Waals surface area contributed by atoms with Gasteiger partial charge in [0.05, 0.1) is 23.9 Å². The van der Waals surface area contributed by atoms with Crippen LogP contribution in [0.4, 0.5) is 0 Å². The highest BCUT2D eigenvalue weighted by molar-refractivity contribution is 6.09. The summed E-state index contributed by atoms with van der Waals surface area (Å²) in [6.45, 7) is 4.75. The molecule has 0 amide bonds. The molecule has 1 unspecified atom stereocenters. The van der Waals surface area contributed by atoms with Crippen LogP contribution in [0.1, 0.15) is 11.3 Å². The maximum absolute atomic E-state index is 5.82. The Hall–Kier alpha value is -2.69. The fourth-order valence-corrected chi connectivity index (χ4v) is 3.99. The Kier molecular flexibility index (Phi) is 4.15. The summed E-state index contributed by atoms with van der Waals surface area (Å²) in [7, 11) is 0. The number of nitrogens with zero attached hydrogens (tertiary/aromatic N) is 1. The van der Waals surface area contributed by atoms with Gasteiger partial charge >= 0.3 is 0 Å². The second-order valence-electron chi connectivity index (χ2n) is 7.30. The minimum atomic E-state index is 0.281. The van der Waals surface area contributed by atoms with Crippen LogP contribution in [-0.2, 0) is 11.2 Å². The molecular weight excluding hydrogens is 334 g/mol. The molecule has 0 bridgehead atoms. The zero-order valence-electron chi connectivity index (χ0n) is 15.5. The average Bonchev–Trinajstić information content (AvgIpc) is 3.09. The summed E-state index contributed by atoms with van der Waals surface area (Å²) in [4.78, 5) is 7.89. The van der Waals surface area contributed by atoms with Crippen LogP contribution in [0.3, 0.4) is 0 Å². The Balaban J connectivity index is 1.46. The van der Waals surface area contributed by atoms with Gasteiger partial charge in [-0.15, -0.1) is 0 Å². The van der Waals surface area contributed by atoms with Gasteiger partial charge in [0.15, 0.2) is 0 Å². The number of aromatic nitrogens is 2. The topological polar surface area (TPSA) is 49.9 Å². The highest BCUT2D eigenvalue weighted by Crippen LogP contribution is 2.31. The molecule has 5 rings (SSSR count). The SMILES string of the molecule is Cc1nccc2c1[nH]c1ccc(-c3ccc(CC4CNCCO4)cc3)cc12. The lowest BCUT2D eigenvalue weighted by molar-refractivity contribution is 0.0292. The van der Waals surface area contributed by atoms with E-state index in [9.17, 15) is 0 Å². The molecule has 1 atom stereocenters. The number of aromatic amines is 1. The number of hydrogen-bond acceptors (Lipinski definition) is 3. The molecule has 3 heterocycles. The van der Waals surface area contributed by atoms with Gasteiger partial charge < -0.3 is 15.0 Å². The van der Waals surface area contributed by atoms with Crippen molar-refractivity contribution in [1.82, 2.24) is 15.3 Å². The molecular formula is C23H23N3O. The second kappa shape index (κ2) is 6.80. The van der Waals surface area contributed by atoms with Crippen LogP contribution in [0, 0.1) is 6.92 Å². The van der Waals surface area contributed by atoms with Crippen LogP contribution < -0.4 is 5.32 Å². The molecule has 2 N–H and O–H groups in total. The normalized spacial score (nSPS) is 17.6. The first-order valence-corrected chi connectivity index (χ1v) is 9.56. The summed E-state index contributed by atoms with van der Waals surface area (Å²) in [5, 5.41) is 5.88. The lowest BCUT2D eigenvalue weighted by atomic mass is 9.99. The number of morpholine rings is 1.